The van der Waals surface area contributed by atoms with Gasteiger partial charge in [0.25, 0.3) is 0 Å². The summed E-state index contributed by atoms with van der Waals surface area (Å²) in [5.74, 6) is -2.30. The van der Waals surface area contributed by atoms with Crippen molar-refractivity contribution in [3.05, 3.63) is 71.8 Å². The Kier molecular flexibility index (Phi) is 11.5. The lowest BCUT2D eigenvalue weighted by Crippen LogP contribution is -2.63. The largest absolute Gasteiger partial charge is 0.509 e. The minimum absolute atomic E-state index is 0.0820. The molecule has 2 aromatic rings. The lowest BCUT2D eigenvalue weighted by molar-refractivity contribution is -0.292. The number of carbonyl (C=O) groups is 4. The van der Waals surface area contributed by atoms with Crippen LogP contribution in [0.4, 0.5) is 4.79 Å². The first kappa shape index (κ1) is 33.8. The molecule has 0 saturated carbocycles. The van der Waals surface area contributed by atoms with Crippen LogP contribution in [0.5, 0.6) is 0 Å². The van der Waals surface area contributed by atoms with Crippen LogP contribution in [0.15, 0.2) is 60.7 Å². The Balaban J connectivity index is 1.96. The molecule has 11 nitrogen and oxygen atoms in total. The van der Waals surface area contributed by atoms with Crippen LogP contribution in [-0.2, 0) is 49.0 Å². The first-order valence-electron chi connectivity index (χ1n) is 13.9. The van der Waals surface area contributed by atoms with Crippen LogP contribution in [0.25, 0.3) is 0 Å². The first-order chi connectivity index (χ1) is 20.2. The van der Waals surface area contributed by atoms with Crippen LogP contribution in [0, 0.1) is 0 Å². The summed E-state index contributed by atoms with van der Waals surface area (Å²) < 4.78 is 40.2. The maximum Gasteiger partial charge on any atom is 0.509 e. The number of ether oxygens (including phenoxy) is 6. The third-order valence-corrected chi connectivity index (χ3v) is 11.8. The van der Waals surface area contributed by atoms with Crippen LogP contribution in [0.2, 0.25) is 18.1 Å². The first-order valence-corrected chi connectivity index (χ1v) is 16.9. The highest BCUT2D eigenvalue weighted by molar-refractivity contribution is 6.74. The molecule has 12 heteroatoms. The minimum Gasteiger partial charge on any atom is -0.454 e. The lowest BCUT2D eigenvalue weighted by atomic mass is 9.98. The molecule has 1 saturated heterocycles. The molecular weight excluding hydrogens is 576 g/mol. The van der Waals surface area contributed by atoms with Gasteiger partial charge < -0.3 is 32.8 Å². The lowest BCUT2D eigenvalue weighted by Gasteiger charge is -2.45. The van der Waals surface area contributed by atoms with E-state index in [2.05, 4.69) is 20.8 Å². The number of carbonyl (C=O) groups excluding carboxylic acids is 4. The topological polar surface area (TPSA) is 133 Å². The van der Waals surface area contributed by atoms with Crippen molar-refractivity contribution in [3.63, 3.8) is 0 Å². The summed E-state index contributed by atoms with van der Waals surface area (Å²) in [6, 6.07) is 17.1. The van der Waals surface area contributed by atoms with Gasteiger partial charge in [0.05, 0.1) is 12.2 Å². The van der Waals surface area contributed by atoms with Crippen LogP contribution in [0.1, 0.15) is 50.5 Å². The van der Waals surface area contributed by atoms with Gasteiger partial charge in [-0.3, -0.25) is 9.59 Å². The predicted octanol–water partition coefficient (Wildman–Crippen LogP) is 5.18. The summed E-state index contributed by atoms with van der Waals surface area (Å²) in [5, 5.41) is -0.179. The van der Waals surface area contributed by atoms with E-state index in [1.807, 2.05) is 19.2 Å². The maximum absolute atomic E-state index is 13.0. The van der Waals surface area contributed by atoms with E-state index < -0.39 is 63.1 Å². The van der Waals surface area contributed by atoms with Crippen LogP contribution in [0.3, 0.4) is 0 Å². The van der Waals surface area contributed by atoms with E-state index in [1.165, 1.54) is 0 Å². The van der Waals surface area contributed by atoms with Crippen molar-refractivity contribution < 1.29 is 52.0 Å². The summed E-state index contributed by atoms with van der Waals surface area (Å²) in [7, 11) is -2.37. The van der Waals surface area contributed by atoms with Gasteiger partial charge >= 0.3 is 24.1 Å². The molecule has 0 bridgehead atoms. The van der Waals surface area contributed by atoms with Crippen molar-refractivity contribution >= 4 is 32.4 Å². The molecule has 0 aliphatic carbocycles. The molecule has 1 aliphatic heterocycles. The summed E-state index contributed by atoms with van der Waals surface area (Å²) in [6.07, 6.45) is -7.98. The number of hydrogen-bond donors (Lipinski definition) is 0. The van der Waals surface area contributed by atoms with Gasteiger partial charge in [-0.2, -0.15) is 0 Å². The molecule has 0 aromatic heterocycles. The molecular formula is C31H40O11Si. The van der Waals surface area contributed by atoms with Gasteiger partial charge in [0.1, 0.15) is 12.7 Å². The average Bonchev–Trinajstić information content (AvgIpc) is 2.94. The number of hydrogen-bond acceptors (Lipinski definition) is 11. The Labute approximate surface area is 252 Å². The van der Waals surface area contributed by atoms with Gasteiger partial charge in [-0.15, -0.1) is 0 Å². The van der Waals surface area contributed by atoms with Crippen molar-refractivity contribution in [2.45, 2.75) is 90.1 Å². The van der Waals surface area contributed by atoms with Crippen molar-refractivity contribution in [1.82, 2.24) is 0 Å². The molecule has 5 atom stereocenters. The molecule has 2 aromatic carbocycles. The molecule has 1 aliphatic rings. The van der Waals surface area contributed by atoms with E-state index in [-0.39, 0.29) is 23.8 Å². The fourth-order valence-electron chi connectivity index (χ4n) is 4.01. The molecule has 43 heavy (non-hydrogen) atoms. The van der Waals surface area contributed by atoms with Gasteiger partial charge in [-0.05, 0) is 35.8 Å². The van der Waals surface area contributed by atoms with Crippen LogP contribution < -0.4 is 0 Å². The Hall–Kier alpha value is -3.74. The monoisotopic (exact) mass is 616 g/mol. The SMILES string of the molecule is CC(=O)O[C@@H]1[C@H](OC(C)=O)[C@@H](OC(=O)c2ccccc2)O[C@H](CO[Si](C)(C)C(C)(C)C)[C@H]1OC(=O)OCc1ccccc1. The zero-order chi connectivity index (χ0) is 31.8. The molecule has 0 unspecified atom stereocenters. The van der Waals surface area contributed by atoms with Crippen molar-refractivity contribution in [3.8, 4) is 0 Å². The quantitative estimate of drug-likeness (QED) is 0.199. The summed E-state index contributed by atoms with van der Waals surface area (Å²) >= 11 is 0. The highest BCUT2D eigenvalue weighted by atomic mass is 28.4. The highest BCUT2D eigenvalue weighted by Crippen LogP contribution is 2.38. The van der Waals surface area contributed by atoms with Gasteiger partial charge in [-0.25, -0.2) is 9.59 Å². The second-order valence-electron chi connectivity index (χ2n) is 11.6. The molecule has 0 radical (unpaired) electrons. The van der Waals surface area contributed by atoms with Crippen molar-refractivity contribution in [2.24, 2.45) is 0 Å². The smallest absolute Gasteiger partial charge is 0.454 e. The Morgan fingerprint density at radius 2 is 1.33 bits per heavy atom. The van der Waals surface area contributed by atoms with Crippen LogP contribution >= 0.6 is 0 Å². The number of rotatable bonds is 10. The van der Waals surface area contributed by atoms with E-state index in [4.69, 9.17) is 32.8 Å². The average molecular weight is 617 g/mol. The van der Waals surface area contributed by atoms with Crippen molar-refractivity contribution in [1.29, 1.82) is 0 Å². The van der Waals surface area contributed by atoms with E-state index >= 15 is 0 Å². The highest BCUT2D eigenvalue weighted by Gasteiger charge is 2.54. The van der Waals surface area contributed by atoms with Crippen LogP contribution in [-0.4, -0.2) is 69.7 Å². The Morgan fingerprint density at radius 1 is 0.767 bits per heavy atom. The third kappa shape index (κ3) is 9.63. The van der Waals surface area contributed by atoms with Gasteiger partial charge in [0.15, 0.2) is 20.5 Å². The van der Waals surface area contributed by atoms with Crippen molar-refractivity contribution in [2.75, 3.05) is 6.61 Å². The maximum atomic E-state index is 13.0. The number of esters is 3. The van der Waals surface area contributed by atoms with E-state index in [9.17, 15) is 19.2 Å². The predicted molar refractivity (Wildman–Crippen MR) is 156 cm³/mol. The second kappa shape index (κ2) is 14.6. The van der Waals surface area contributed by atoms with Gasteiger partial charge in [0, 0.05) is 13.8 Å². The third-order valence-electron chi connectivity index (χ3n) is 7.27. The molecule has 0 spiro atoms. The summed E-state index contributed by atoms with van der Waals surface area (Å²) in [5.41, 5.74) is 0.938. The van der Waals surface area contributed by atoms with E-state index in [0.29, 0.717) is 0 Å². The molecule has 1 fully saturated rings. The standard InChI is InChI=1S/C31H40O11Si/c1-20(32)38-26-25(41-30(35)36-18-22-14-10-8-11-15-22)24(19-37-43(6,7)31(3,4)5)40-29(27(26)39-21(2)33)42-28(34)23-16-12-9-13-17-23/h8-17,24-27,29H,18-19H2,1-7H3/t24-,25-,26+,27+,29-/m1/s1. The summed E-state index contributed by atoms with van der Waals surface area (Å²) in [6.45, 7) is 12.3. The van der Waals surface area contributed by atoms with E-state index in [0.717, 1.165) is 19.4 Å². The molecule has 234 valence electrons. The number of benzene rings is 2. The molecule has 0 N–H and O–H groups in total. The van der Waals surface area contributed by atoms with Gasteiger partial charge in [-0.1, -0.05) is 69.3 Å². The Morgan fingerprint density at radius 3 is 1.88 bits per heavy atom. The van der Waals surface area contributed by atoms with E-state index in [1.54, 1.807) is 54.6 Å². The summed E-state index contributed by atoms with van der Waals surface area (Å²) in [4.78, 5) is 50.4. The fraction of sp³-hybridized carbons (Fsp3) is 0.484. The zero-order valence-corrected chi connectivity index (χ0v) is 26.6. The molecule has 3 rings (SSSR count). The Bertz CT molecular complexity index is 1240. The molecule has 0 amide bonds. The minimum atomic E-state index is -2.37. The van der Waals surface area contributed by atoms with Gasteiger partial charge in [0.2, 0.25) is 12.4 Å². The normalized spacial score (nSPS) is 22.2. The fourth-order valence-corrected chi connectivity index (χ4v) is 5.02. The second-order valence-corrected chi connectivity index (χ2v) is 16.4. The zero-order valence-electron chi connectivity index (χ0n) is 25.6. The molecule has 1 heterocycles.